The van der Waals surface area contributed by atoms with Gasteiger partial charge in [0, 0.05) is 17.6 Å². The lowest BCUT2D eigenvalue weighted by Crippen LogP contribution is -2.41. The van der Waals surface area contributed by atoms with E-state index in [-0.39, 0.29) is 17.8 Å². The third-order valence-electron chi connectivity index (χ3n) is 4.34. The van der Waals surface area contributed by atoms with E-state index >= 15 is 0 Å². The Morgan fingerprint density at radius 3 is 2.50 bits per heavy atom. The van der Waals surface area contributed by atoms with E-state index in [0.29, 0.717) is 15.5 Å². The fraction of sp³-hybridized carbons (Fsp3) is 0.562. The molecule has 0 saturated heterocycles. The molecule has 1 aliphatic carbocycles. The van der Waals surface area contributed by atoms with E-state index in [1.54, 1.807) is 6.07 Å². The van der Waals surface area contributed by atoms with Crippen LogP contribution in [0, 0.1) is 11.2 Å². The quantitative estimate of drug-likeness (QED) is 0.767. The van der Waals surface area contributed by atoms with Gasteiger partial charge in [-0.3, -0.25) is 4.79 Å². The van der Waals surface area contributed by atoms with Crippen LogP contribution in [0.3, 0.4) is 0 Å². The van der Waals surface area contributed by atoms with E-state index in [1.807, 2.05) is 11.9 Å². The lowest BCUT2D eigenvalue weighted by atomic mass is 9.75. The maximum Gasteiger partial charge on any atom is 0.254 e. The van der Waals surface area contributed by atoms with Gasteiger partial charge in [-0.25, -0.2) is 4.39 Å². The van der Waals surface area contributed by atoms with Crippen molar-refractivity contribution in [3.8, 4) is 0 Å². The van der Waals surface area contributed by atoms with Crippen LogP contribution in [0.1, 0.15) is 49.9 Å². The molecule has 0 spiro atoms. The molecule has 110 valence electrons. The van der Waals surface area contributed by atoms with E-state index in [9.17, 15) is 9.18 Å². The van der Waals surface area contributed by atoms with Gasteiger partial charge in [-0.1, -0.05) is 13.8 Å². The summed E-state index contributed by atoms with van der Waals surface area (Å²) in [6.07, 6.45) is 4.35. The Morgan fingerprint density at radius 1 is 1.35 bits per heavy atom. The third kappa shape index (κ3) is 3.40. The fourth-order valence-corrected chi connectivity index (χ4v) is 3.31. The molecular weight excluding hydrogens is 321 g/mol. The lowest BCUT2D eigenvalue weighted by Gasteiger charge is -2.38. The van der Waals surface area contributed by atoms with Gasteiger partial charge in [-0.2, -0.15) is 0 Å². The second-order valence-corrected chi connectivity index (χ2v) is 7.29. The van der Waals surface area contributed by atoms with Gasteiger partial charge in [0.1, 0.15) is 5.82 Å². The van der Waals surface area contributed by atoms with E-state index in [4.69, 9.17) is 0 Å². The molecule has 0 aliphatic heterocycles. The molecule has 0 atom stereocenters. The van der Waals surface area contributed by atoms with Crippen LogP contribution in [0.4, 0.5) is 4.39 Å². The zero-order valence-corrected chi connectivity index (χ0v) is 13.8. The van der Waals surface area contributed by atoms with Crippen LogP contribution in [-0.2, 0) is 0 Å². The molecule has 1 aromatic carbocycles. The van der Waals surface area contributed by atoms with Crippen molar-refractivity contribution in [3.05, 3.63) is 34.1 Å². The van der Waals surface area contributed by atoms with Crippen LogP contribution in [0.5, 0.6) is 0 Å². The molecule has 0 aromatic heterocycles. The molecule has 4 heteroatoms. The highest BCUT2D eigenvalue weighted by atomic mass is 79.9. The minimum atomic E-state index is -0.338. The first-order valence-electron chi connectivity index (χ1n) is 7.02. The average molecular weight is 342 g/mol. The first-order valence-corrected chi connectivity index (χ1v) is 7.82. The van der Waals surface area contributed by atoms with Gasteiger partial charge >= 0.3 is 0 Å². The Balaban J connectivity index is 2.09. The minimum absolute atomic E-state index is 0.0402. The number of halogens is 2. The predicted octanol–water partition coefficient (Wildman–Crippen LogP) is 4.63. The Hall–Kier alpha value is -0.900. The Kier molecular flexibility index (Phi) is 4.52. The highest BCUT2D eigenvalue weighted by Crippen LogP contribution is 2.37. The molecule has 1 fully saturated rings. The summed E-state index contributed by atoms with van der Waals surface area (Å²) in [6.45, 7) is 4.56. The molecule has 1 aliphatic rings. The molecule has 2 nitrogen and oxygen atoms in total. The predicted molar refractivity (Wildman–Crippen MR) is 82.2 cm³/mol. The molecule has 0 heterocycles. The van der Waals surface area contributed by atoms with Gasteiger partial charge < -0.3 is 4.90 Å². The summed E-state index contributed by atoms with van der Waals surface area (Å²) in [5.41, 5.74) is 0.912. The second kappa shape index (κ2) is 5.84. The van der Waals surface area contributed by atoms with Gasteiger partial charge in [-0.05, 0) is 65.2 Å². The van der Waals surface area contributed by atoms with Crippen LogP contribution in [0.15, 0.2) is 22.7 Å². The first-order chi connectivity index (χ1) is 9.30. The molecule has 0 bridgehead atoms. The zero-order valence-electron chi connectivity index (χ0n) is 12.2. The maximum atomic E-state index is 13.1. The SMILES string of the molecule is CN(C(=O)c1ccc(F)cc1Br)C1CCC(C)(C)CC1. The van der Waals surface area contributed by atoms with Crippen LogP contribution in [0.2, 0.25) is 0 Å². The molecule has 0 unspecified atom stereocenters. The third-order valence-corrected chi connectivity index (χ3v) is 4.99. The van der Waals surface area contributed by atoms with Gasteiger partial charge in [-0.15, -0.1) is 0 Å². The maximum absolute atomic E-state index is 13.1. The molecule has 1 amide bonds. The number of hydrogen-bond donors (Lipinski definition) is 0. The fourth-order valence-electron chi connectivity index (χ4n) is 2.79. The Labute approximate surface area is 128 Å². The van der Waals surface area contributed by atoms with Gasteiger partial charge in [0.15, 0.2) is 0 Å². The van der Waals surface area contributed by atoms with E-state index in [2.05, 4.69) is 29.8 Å². The summed E-state index contributed by atoms with van der Waals surface area (Å²) in [7, 11) is 1.85. The number of hydrogen-bond acceptors (Lipinski definition) is 1. The number of amides is 1. The first kappa shape index (κ1) is 15.5. The van der Waals surface area contributed by atoms with Gasteiger partial charge in [0.05, 0.1) is 5.56 Å². The highest BCUT2D eigenvalue weighted by molar-refractivity contribution is 9.10. The van der Waals surface area contributed by atoms with Crippen LogP contribution in [0.25, 0.3) is 0 Å². The van der Waals surface area contributed by atoms with Crippen molar-refractivity contribution in [2.45, 2.75) is 45.6 Å². The summed E-state index contributed by atoms with van der Waals surface area (Å²) in [6, 6.07) is 4.50. The van der Waals surface area contributed by atoms with E-state index in [0.717, 1.165) is 25.7 Å². The number of nitrogens with zero attached hydrogens (tertiary/aromatic N) is 1. The van der Waals surface area contributed by atoms with Crippen molar-refractivity contribution < 1.29 is 9.18 Å². The van der Waals surface area contributed by atoms with Crippen molar-refractivity contribution in [1.29, 1.82) is 0 Å². The number of carbonyl (C=O) groups excluding carboxylic acids is 1. The summed E-state index contributed by atoms with van der Waals surface area (Å²) in [4.78, 5) is 14.3. The van der Waals surface area contributed by atoms with Crippen LogP contribution < -0.4 is 0 Å². The smallest absolute Gasteiger partial charge is 0.254 e. The number of benzene rings is 1. The summed E-state index contributed by atoms with van der Waals surface area (Å²) < 4.78 is 13.6. The zero-order chi connectivity index (χ0) is 14.9. The topological polar surface area (TPSA) is 20.3 Å². The van der Waals surface area contributed by atoms with E-state index in [1.165, 1.54) is 12.1 Å². The van der Waals surface area contributed by atoms with Crippen LogP contribution >= 0.6 is 15.9 Å². The number of rotatable bonds is 2. The van der Waals surface area contributed by atoms with E-state index < -0.39 is 0 Å². The van der Waals surface area contributed by atoms with Crippen molar-refractivity contribution >= 4 is 21.8 Å². The molecule has 2 rings (SSSR count). The summed E-state index contributed by atoms with van der Waals surface area (Å²) in [5, 5.41) is 0. The number of carbonyl (C=O) groups is 1. The van der Waals surface area contributed by atoms with Gasteiger partial charge in [0.2, 0.25) is 0 Å². The summed E-state index contributed by atoms with van der Waals surface area (Å²) in [5.74, 6) is -0.378. The monoisotopic (exact) mass is 341 g/mol. The van der Waals surface area contributed by atoms with Crippen molar-refractivity contribution in [1.82, 2.24) is 4.90 Å². The highest BCUT2D eigenvalue weighted by Gasteiger charge is 2.31. The standard InChI is InChI=1S/C16H21BrFNO/c1-16(2)8-6-12(7-9-16)19(3)15(20)13-5-4-11(18)10-14(13)17/h4-5,10,12H,6-9H2,1-3H3. The van der Waals surface area contributed by atoms with Gasteiger partial charge in [0.25, 0.3) is 5.91 Å². The van der Waals surface area contributed by atoms with Crippen LogP contribution in [-0.4, -0.2) is 23.9 Å². The summed E-state index contributed by atoms with van der Waals surface area (Å²) >= 11 is 3.27. The lowest BCUT2D eigenvalue weighted by molar-refractivity contribution is 0.0634. The Morgan fingerprint density at radius 2 is 1.95 bits per heavy atom. The Bertz CT molecular complexity index is 505. The van der Waals surface area contributed by atoms with Crippen molar-refractivity contribution in [2.24, 2.45) is 5.41 Å². The second-order valence-electron chi connectivity index (χ2n) is 6.44. The minimum Gasteiger partial charge on any atom is -0.339 e. The van der Waals surface area contributed by atoms with Crippen molar-refractivity contribution in [2.75, 3.05) is 7.05 Å². The molecule has 1 aromatic rings. The molecular formula is C16H21BrFNO. The molecule has 20 heavy (non-hydrogen) atoms. The normalized spacial score (nSPS) is 18.9. The van der Waals surface area contributed by atoms with Crippen molar-refractivity contribution in [3.63, 3.8) is 0 Å². The average Bonchev–Trinajstić information content (AvgIpc) is 2.37. The molecule has 0 N–H and O–H groups in total. The molecule has 1 saturated carbocycles. The largest absolute Gasteiger partial charge is 0.339 e. The molecule has 0 radical (unpaired) electrons.